The van der Waals surface area contributed by atoms with Crippen LogP contribution in [0.1, 0.15) is 45.7 Å². The van der Waals surface area contributed by atoms with E-state index in [-0.39, 0.29) is 11.9 Å². The first-order valence-corrected chi connectivity index (χ1v) is 6.07. The molecule has 0 heterocycles. The second-order valence-electron chi connectivity index (χ2n) is 5.16. The number of rotatable bonds is 3. The third-order valence-electron chi connectivity index (χ3n) is 2.37. The van der Waals surface area contributed by atoms with E-state index in [0.717, 1.165) is 5.56 Å². The van der Waals surface area contributed by atoms with Gasteiger partial charge in [0.2, 0.25) is 0 Å². The maximum Gasteiger partial charge on any atom is 0.408 e. The van der Waals surface area contributed by atoms with E-state index in [1.807, 2.05) is 27.7 Å². The number of alkyl carbamates (subject to hydrolysis) is 1. The molecule has 0 unspecified atom stereocenters. The summed E-state index contributed by atoms with van der Waals surface area (Å²) < 4.78 is 18.0. The molecule has 1 amide bonds. The van der Waals surface area contributed by atoms with Gasteiger partial charge >= 0.3 is 6.09 Å². The molecule has 0 fully saturated rings. The normalized spacial score (nSPS) is 12.9. The lowest BCUT2D eigenvalue weighted by atomic mass is 10.0. The summed E-state index contributed by atoms with van der Waals surface area (Å²) in [6.45, 7) is 7.38. The standard InChI is InChI=1S/C14H20FNO2/c1-5-12(10-6-8-11(15)9-7-10)16-13(17)18-14(2,3)4/h6-9,12H,5H2,1-4H3,(H,16,17)/t12-/m1/s1. The van der Waals surface area contributed by atoms with Crippen LogP contribution in [0.3, 0.4) is 0 Å². The van der Waals surface area contributed by atoms with Crippen molar-refractivity contribution in [2.24, 2.45) is 0 Å². The van der Waals surface area contributed by atoms with Gasteiger partial charge in [-0.05, 0) is 44.9 Å². The molecule has 0 bridgehead atoms. The van der Waals surface area contributed by atoms with Crippen molar-refractivity contribution in [3.63, 3.8) is 0 Å². The first-order chi connectivity index (χ1) is 8.31. The van der Waals surface area contributed by atoms with Gasteiger partial charge in [-0.2, -0.15) is 0 Å². The highest BCUT2D eigenvalue weighted by atomic mass is 19.1. The summed E-state index contributed by atoms with van der Waals surface area (Å²) in [5.41, 5.74) is 0.343. The van der Waals surface area contributed by atoms with Gasteiger partial charge in [0.1, 0.15) is 11.4 Å². The lowest BCUT2D eigenvalue weighted by molar-refractivity contribution is 0.0502. The van der Waals surface area contributed by atoms with Crippen LogP contribution in [-0.2, 0) is 4.74 Å². The largest absolute Gasteiger partial charge is 0.444 e. The van der Waals surface area contributed by atoms with Crippen LogP contribution in [0, 0.1) is 5.82 Å². The van der Waals surface area contributed by atoms with Crippen molar-refractivity contribution < 1.29 is 13.9 Å². The highest BCUT2D eigenvalue weighted by Gasteiger charge is 2.19. The second-order valence-corrected chi connectivity index (χ2v) is 5.16. The number of hydrogen-bond donors (Lipinski definition) is 1. The molecule has 0 aliphatic rings. The number of amides is 1. The number of nitrogens with one attached hydrogen (secondary N) is 1. The Hall–Kier alpha value is -1.58. The zero-order chi connectivity index (χ0) is 13.8. The lowest BCUT2D eigenvalue weighted by Crippen LogP contribution is -2.34. The van der Waals surface area contributed by atoms with Crippen molar-refractivity contribution in [3.05, 3.63) is 35.6 Å². The highest BCUT2D eigenvalue weighted by molar-refractivity contribution is 5.68. The van der Waals surface area contributed by atoms with Crippen LogP contribution >= 0.6 is 0 Å². The third kappa shape index (κ3) is 4.73. The zero-order valence-electron chi connectivity index (χ0n) is 11.3. The SMILES string of the molecule is CC[C@@H](NC(=O)OC(C)(C)C)c1ccc(F)cc1. The van der Waals surface area contributed by atoms with E-state index in [2.05, 4.69) is 5.32 Å². The van der Waals surface area contributed by atoms with Gasteiger partial charge in [0, 0.05) is 0 Å². The van der Waals surface area contributed by atoms with Gasteiger partial charge in [-0.1, -0.05) is 19.1 Å². The minimum absolute atomic E-state index is 0.166. The molecule has 0 saturated heterocycles. The fourth-order valence-electron chi connectivity index (χ4n) is 1.57. The molecule has 0 aliphatic heterocycles. The summed E-state index contributed by atoms with van der Waals surface area (Å²) in [5.74, 6) is -0.286. The second kappa shape index (κ2) is 5.85. The molecule has 1 aromatic rings. The summed E-state index contributed by atoms with van der Waals surface area (Å²) in [7, 11) is 0. The van der Waals surface area contributed by atoms with Gasteiger partial charge in [0.25, 0.3) is 0 Å². The van der Waals surface area contributed by atoms with Gasteiger partial charge in [0.15, 0.2) is 0 Å². The Labute approximate surface area is 107 Å². The summed E-state index contributed by atoms with van der Waals surface area (Å²) in [6, 6.07) is 5.94. The topological polar surface area (TPSA) is 38.3 Å². The third-order valence-corrected chi connectivity index (χ3v) is 2.37. The number of carbonyl (C=O) groups excluding carboxylic acids is 1. The molecule has 1 N–H and O–H groups in total. The molecule has 1 aromatic carbocycles. The Morgan fingerprint density at radius 2 is 1.89 bits per heavy atom. The lowest BCUT2D eigenvalue weighted by Gasteiger charge is -2.23. The minimum atomic E-state index is -0.523. The van der Waals surface area contributed by atoms with Gasteiger partial charge in [-0.15, -0.1) is 0 Å². The molecule has 0 radical (unpaired) electrons. The molecular weight excluding hydrogens is 233 g/mol. The zero-order valence-corrected chi connectivity index (χ0v) is 11.3. The predicted molar refractivity (Wildman–Crippen MR) is 68.8 cm³/mol. The van der Waals surface area contributed by atoms with Crippen molar-refractivity contribution in [3.8, 4) is 0 Å². The van der Waals surface area contributed by atoms with Crippen molar-refractivity contribution in [1.82, 2.24) is 5.32 Å². The van der Waals surface area contributed by atoms with Crippen LogP contribution in [0.25, 0.3) is 0 Å². The molecule has 1 atom stereocenters. The van der Waals surface area contributed by atoms with Gasteiger partial charge in [-0.3, -0.25) is 0 Å². The highest BCUT2D eigenvalue weighted by Crippen LogP contribution is 2.18. The number of carbonyl (C=O) groups is 1. The maximum absolute atomic E-state index is 12.8. The average molecular weight is 253 g/mol. The van der Waals surface area contributed by atoms with Crippen molar-refractivity contribution in [2.45, 2.75) is 45.8 Å². The van der Waals surface area contributed by atoms with Gasteiger partial charge in [-0.25, -0.2) is 9.18 Å². The quantitative estimate of drug-likeness (QED) is 0.889. The molecule has 18 heavy (non-hydrogen) atoms. The number of ether oxygens (including phenoxy) is 1. The van der Waals surface area contributed by atoms with Gasteiger partial charge in [0.05, 0.1) is 6.04 Å². The van der Waals surface area contributed by atoms with E-state index < -0.39 is 11.7 Å². The Morgan fingerprint density at radius 1 is 1.33 bits per heavy atom. The van der Waals surface area contributed by atoms with E-state index in [9.17, 15) is 9.18 Å². The molecule has 0 spiro atoms. The molecule has 100 valence electrons. The van der Waals surface area contributed by atoms with E-state index in [0.29, 0.717) is 6.42 Å². The van der Waals surface area contributed by atoms with Crippen LogP contribution in [0.15, 0.2) is 24.3 Å². The van der Waals surface area contributed by atoms with Crippen LogP contribution in [0.2, 0.25) is 0 Å². The number of halogens is 1. The van der Waals surface area contributed by atoms with Crippen molar-refractivity contribution in [1.29, 1.82) is 0 Å². The van der Waals surface area contributed by atoms with Crippen LogP contribution in [0.5, 0.6) is 0 Å². The Kier molecular flexibility index (Phi) is 4.70. The van der Waals surface area contributed by atoms with E-state index in [1.165, 1.54) is 12.1 Å². The predicted octanol–water partition coefficient (Wildman–Crippen LogP) is 3.80. The van der Waals surface area contributed by atoms with Crippen LogP contribution < -0.4 is 5.32 Å². The van der Waals surface area contributed by atoms with E-state index in [1.54, 1.807) is 12.1 Å². The fraction of sp³-hybridized carbons (Fsp3) is 0.500. The first-order valence-electron chi connectivity index (χ1n) is 6.07. The van der Waals surface area contributed by atoms with E-state index >= 15 is 0 Å². The average Bonchev–Trinajstić information content (AvgIpc) is 2.25. The smallest absolute Gasteiger partial charge is 0.408 e. The van der Waals surface area contributed by atoms with Crippen LogP contribution in [-0.4, -0.2) is 11.7 Å². The molecule has 0 aliphatic carbocycles. The van der Waals surface area contributed by atoms with Crippen molar-refractivity contribution in [2.75, 3.05) is 0 Å². The summed E-state index contributed by atoms with van der Waals surface area (Å²) in [6.07, 6.45) is 0.254. The summed E-state index contributed by atoms with van der Waals surface area (Å²) >= 11 is 0. The Balaban J connectivity index is 2.68. The monoisotopic (exact) mass is 253 g/mol. The summed E-state index contributed by atoms with van der Waals surface area (Å²) in [4.78, 5) is 11.7. The maximum atomic E-state index is 12.8. The number of hydrogen-bond acceptors (Lipinski definition) is 2. The Morgan fingerprint density at radius 3 is 2.33 bits per heavy atom. The molecule has 1 rings (SSSR count). The molecule has 0 aromatic heterocycles. The summed E-state index contributed by atoms with van der Waals surface area (Å²) in [5, 5.41) is 2.78. The molecule has 0 saturated carbocycles. The number of benzene rings is 1. The molecule has 3 nitrogen and oxygen atoms in total. The van der Waals surface area contributed by atoms with E-state index in [4.69, 9.17) is 4.74 Å². The van der Waals surface area contributed by atoms with Crippen LogP contribution in [0.4, 0.5) is 9.18 Å². The molecule has 4 heteroatoms. The van der Waals surface area contributed by atoms with Gasteiger partial charge < -0.3 is 10.1 Å². The molecular formula is C14H20FNO2. The fourth-order valence-corrected chi connectivity index (χ4v) is 1.57. The first kappa shape index (κ1) is 14.5. The van der Waals surface area contributed by atoms with Crippen molar-refractivity contribution >= 4 is 6.09 Å². The minimum Gasteiger partial charge on any atom is -0.444 e. The Bertz CT molecular complexity index is 395.